The van der Waals surface area contributed by atoms with Gasteiger partial charge in [-0.3, -0.25) is 14.3 Å². The van der Waals surface area contributed by atoms with Crippen LogP contribution < -0.4 is 14.8 Å². The molecule has 0 unspecified atom stereocenters. The largest absolute Gasteiger partial charge is 0.310 e. The zero-order valence-electron chi connectivity index (χ0n) is 17.3. The lowest BCUT2D eigenvalue weighted by atomic mass is 10.2. The topological polar surface area (TPSA) is 89.4 Å². The molecule has 158 valence electrons. The summed E-state index contributed by atoms with van der Waals surface area (Å²) in [6, 6.07) is 17.2. The Hall–Kier alpha value is -3.83. The van der Waals surface area contributed by atoms with Gasteiger partial charge in [-0.2, -0.15) is 5.26 Å². The molecule has 32 heavy (non-hydrogen) atoms. The molecular weight excluding hydrogens is 420 g/mol. The number of fused-ring (bicyclic) bond motifs is 1. The molecule has 1 aliphatic heterocycles. The number of benzene rings is 1. The average molecular weight is 441 g/mol. The van der Waals surface area contributed by atoms with Gasteiger partial charge in [-0.05, 0) is 43.2 Å². The summed E-state index contributed by atoms with van der Waals surface area (Å²) in [7, 11) is 0. The minimum atomic E-state index is -0.190. The summed E-state index contributed by atoms with van der Waals surface area (Å²) in [6.45, 7) is 0.775. The van der Waals surface area contributed by atoms with Crippen LogP contribution in [-0.4, -0.2) is 24.3 Å². The third-order valence-corrected chi connectivity index (χ3v) is 6.56. The highest BCUT2D eigenvalue weighted by molar-refractivity contribution is 7.07. The molecule has 0 aliphatic carbocycles. The van der Waals surface area contributed by atoms with Crippen LogP contribution in [0.15, 0.2) is 59.5 Å². The van der Waals surface area contributed by atoms with Gasteiger partial charge in [-0.25, -0.2) is 0 Å². The average Bonchev–Trinajstić information content (AvgIpc) is 3.27. The predicted molar refractivity (Wildman–Crippen MR) is 123 cm³/mol. The Morgan fingerprint density at radius 3 is 2.69 bits per heavy atom. The molecule has 1 aromatic carbocycles. The van der Waals surface area contributed by atoms with Crippen LogP contribution in [0.4, 0.5) is 0 Å². The van der Waals surface area contributed by atoms with Crippen LogP contribution in [0.2, 0.25) is 0 Å². The lowest BCUT2D eigenvalue weighted by Gasteiger charge is -2.07. The Morgan fingerprint density at radius 2 is 1.91 bits per heavy atom. The van der Waals surface area contributed by atoms with Crippen LogP contribution in [-0.2, 0) is 13.0 Å². The van der Waals surface area contributed by atoms with E-state index < -0.39 is 0 Å². The minimum Gasteiger partial charge on any atom is -0.310 e. The third kappa shape index (κ3) is 3.67. The molecule has 0 bridgehead atoms. The van der Waals surface area contributed by atoms with Crippen molar-refractivity contribution in [1.29, 1.82) is 5.26 Å². The summed E-state index contributed by atoms with van der Waals surface area (Å²) in [6.07, 6.45) is 7.51. The Labute approximate surface area is 188 Å². The maximum Gasteiger partial charge on any atom is 0.273 e. The number of hydrogen-bond donors (Lipinski definition) is 0. The van der Waals surface area contributed by atoms with E-state index in [1.165, 1.54) is 11.3 Å². The highest BCUT2D eigenvalue weighted by atomic mass is 32.1. The molecule has 0 amide bonds. The van der Waals surface area contributed by atoms with Crippen molar-refractivity contribution in [1.82, 2.24) is 24.3 Å². The Balaban J connectivity index is 1.84. The maximum absolute atomic E-state index is 13.5. The molecule has 8 heteroatoms. The zero-order chi connectivity index (χ0) is 21.9. The normalized spacial score (nSPS) is 15.0. The summed E-state index contributed by atoms with van der Waals surface area (Å²) < 4.78 is 4.68. The van der Waals surface area contributed by atoms with Crippen LogP contribution in [0, 0.1) is 11.3 Å². The van der Waals surface area contributed by atoms with Crippen molar-refractivity contribution in [2.24, 2.45) is 0 Å². The van der Waals surface area contributed by atoms with Crippen LogP contribution in [0.1, 0.15) is 36.6 Å². The SMILES string of the molecule is N#CC(c1nnc2n1CCCCC2)=c1sc(=Cc2ccccn2)c(=O)n1-c1ccccc1. The summed E-state index contributed by atoms with van der Waals surface area (Å²) in [5, 5.41) is 18.9. The zero-order valence-corrected chi connectivity index (χ0v) is 18.1. The molecule has 0 N–H and O–H groups in total. The minimum absolute atomic E-state index is 0.190. The van der Waals surface area contributed by atoms with Crippen molar-refractivity contribution < 1.29 is 0 Å². The second-order valence-electron chi connectivity index (χ2n) is 7.54. The van der Waals surface area contributed by atoms with Crippen LogP contribution in [0.3, 0.4) is 0 Å². The van der Waals surface area contributed by atoms with Crippen LogP contribution in [0.5, 0.6) is 0 Å². The van der Waals surface area contributed by atoms with Gasteiger partial charge in [0, 0.05) is 19.2 Å². The number of thiazole rings is 1. The number of aromatic nitrogens is 5. The van der Waals surface area contributed by atoms with E-state index in [9.17, 15) is 10.1 Å². The molecule has 1 aliphatic rings. The number of para-hydroxylation sites is 1. The van der Waals surface area contributed by atoms with E-state index in [0.717, 1.165) is 38.1 Å². The first-order valence-electron chi connectivity index (χ1n) is 10.5. The van der Waals surface area contributed by atoms with Gasteiger partial charge in [0.2, 0.25) is 0 Å². The highest BCUT2D eigenvalue weighted by Crippen LogP contribution is 2.18. The Bertz CT molecular complexity index is 1480. The molecule has 0 saturated heterocycles. The maximum atomic E-state index is 13.5. The van der Waals surface area contributed by atoms with E-state index in [4.69, 9.17) is 0 Å². The molecule has 5 rings (SSSR count). The fraction of sp³-hybridized carbons (Fsp3) is 0.208. The Morgan fingerprint density at radius 1 is 1.06 bits per heavy atom. The van der Waals surface area contributed by atoms with Gasteiger partial charge in [0.25, 0.3) is 5.56 Å². The fourth-order valence-electron chi connectivity index (χ4n) is 3.92. The van der Waals surface area contributed by atoms with Crippen molar-refractivity contribution >= 4 is 23.0 Å². The van der Waals surface area contributed by atoms with E-state index in [-0.39, 0.29) is 5.56 Å². The van der Waals surface area contributed by atoms with Crippen molar-refractivity contribution in [2.45, 2.75) is 32.2 Å². The monoisotopic (exact) mass is 440 g/mol. The lowest BCUT2D eigenvalue weighted by molar-refractivity contribution is 0.627. The molecule has 0 atom stereocenters. The lowest BCUT2D eigenvalue weighted by Crippen LogP contribution is -2.31. The predicted octanol–water partition coefficient (Wildman–Crippen LogP) is 2.16. The molecule has 0 spiro atoms. The number of pyridine rings is 1. The summed E-state index contributed by atoms with van der Waals surface area (Å²) in [5.74, 6) is 1.43. The van der Waals surface area contributed by atoms with Crippen molar-refractivity contribution in [2.75, 3.05) is 0 Å². The van der Waals surface area contributed by atoms with Gasteiger partial charge in [0.05, 0.1) is 15.9 Å². The van der Waals surface area contributed by atoms with E-state index in [0.29, 0.717) is 32.0 Å². The Kier molecular flexibility index (Phi) is 5.48. The first kappa shape index (κ1) is 20.1. The van der Waals surface area contributed by atoms with Gasteiger partial charge >= 0.3 is 0 Å². The van der Waals surface area contributed by atoms with Crippen molar-refractivity contribution in [3.8, 4) is 11.8 Å². The number of hydrogen-bond acceptors (Lipinski definition) is 6. The molecule has 4 heterocycles. The van der Waals surface area contributed by atoms with Gasteiger partial charge < -0.3 is 4.57 Å². The first-order chi connectivity index (χ1) is 15.8. The van der Waals surface area contributed by atoms with Gasteiger partial charge in [-0.1, -0.05) is 30.7 Å². The number of rotatable bonds is 3. The first-order valence-corrected chi connectivity index (χ1v) is 11.3. The number of aryl methyl sites for hydroxylation is 1. The van der Waals surface area contributed by atoms with E-state index in [1.54, 1.807) is 16.8 Å². The summed E-state index contributed by atoms with van der Waals surface area (Å²) >= 11 is 1.28. The summed E-state index contributed by atoms with van der Waals surface area (Å²) in [4.78, 5) is 17.8. The fourth-order valence-corrected chi connectivity index (χ4v) is 5.01. The second kappa shape index (κ2) is 8.73. The van der Waals surface area contributed by atoms with Gasteiger partial charge in [0.1, 0.15) is 22.1 Å². The highest BCUT2D eigenvalue weighted by Gasteiger charge is 2.21. The van der Waals surface area contributed by atoms with E-state index in [2.05, 4.69) is 21.3 Å². The van der Waals surface area contributed by atoms with Crippen LogP contribution >= 0.6 is 11.3 Å². The molecule has 0 saturated carbocycles. The third-order valence-electron chi connectivity index (χ3n) is 5.46. The van der Waals surface area contributed by atoms with Crippen LogP contribution in [0.25, 0.3) is 17.3 Å². The second-order valence-corrected chi connectivity index (χ2v) is 8.57. The molecule has 4 aromatic rings. The molecule has 0 radical (unpaired) electrons. The van der Waals surface area contributed by atoms with Crippen molar-refractivity contribution in [3.05, 3.63) is 91.6 Å². The molecule has 3 aromatic heterocycles. The van der Waals surface area contributed by atoms with E-state index >= 15 is 0 Å². The van der Waals surface area contributed by atoms with Crippen molar-refractivity contribution in [3.63, 3.8) is 0 Å². The number of nitriles is 1. The van der Waals surface area contributed by atoms with E-state index in [1.807, 2.05) is 53.1 Å². The molecule has 0 fully saturated rings. The standard InChI is InChI=1S/C24H20N6OS/c25-16-19(22-28-27-21-12-5-2-8-14-29(21)22)24-30(18-10-3-1-4-11-18)23(31)20(32-24)15-17-9-6-7-13-26-17/h1,3-4,6-7,9-11,13,15H,2,5,8,12,14H2. The van der Waals surface area contributed by atoms with Gasteiger partial charge in [-0.15, -0.1) is 21.5 Å². The summed E-state index contributed by atoms with van der Waals surface area (Å²) in [5.41, 5.74) is 1.56. The number of nitrogens with zero attached hydrogens (tertiary/aromatic N) is 6. The molecular formula is C24H20N6OS. The van der Waals surface area contributed by atoms with Gasteiger partial charge in [0.15, 0.2) is 5.82 Å². The smallest absolute Gasteiger partial charge is 0.273 e. The quantitative estimate of drug-likeness (QED) is 0.487. The molecule has 7 nitrogen and oxygen atoms in total.